The summed E-state index contributed by atoms with van der Waals surface area (Å²) in [6.45, 7) is 0.666. The highest BCUT2D eigenvalue weighted by molar-refractivity contribution is 6.33. The van der Waals surface area contributed by atoms with E-state index >= 15 is 0 Å². The molecule has 7 heteroatoms. The van der Waals surface area contributed by atoms with Crippen molar-refractivity contribution in [1.82, 2.24) is 9.55 Å². The average Bonchev–Trinajstić information content (AvgIpc) is 2.44. The van der Waals surface area contributed by atoms with Crippen molar-refractivity contribution in [3.8, 4) is 17.0 Å². The van der Waals surface area contributed by atoms with E-state index in [0.717, 1.165) is 4.57 Å². The SMILES string of the molecule is COCCCn1c(O)c(-c2ccccc2Cl)c(=O)[nH]c1=O. The molecule has 1 heterocycles. The maximum absolute atomic E-state index is 12.0. The highest BCUT2D eigenvalue weighted by Gasteiger charge is 2.17. The van der Waals surface area contributed by atoms with Crippen LogP contribution in [0.2, 0.25) is 5.02 Å². The number of H-pyrrole nitrogens is 1. The fourth-order valence-corrected chi connectivity index (χ4v) is 2.27. The van der Waals surface area contributed by atoms with Crippen LogP contribution >= 0.6 is 11.6 Å². The number of hydrogen-bond donors (Lipinski definition) is 2. The zero-order valence-electron chi connectivity index (χ0n) is 11.4. The third-order valence-electron chi connectivity index (χ3n) is 3.05. The van der Waals surface area contributed by atoms with Crippen LogP contribution < -0.4 is 11.2 Å². The molecule has 0 fully saturated rings. The van der Waals surface area contributed by atoms with Gasteiger partial charge in [-0.25, -0.2) is 4.79 Å². The van der Waals surface area contributed by atoms with Crippen molar-refractivity contribution in [2.75, 3.05) is 13.7 Å². The Kier molecular flexibility index (Phi) is 4.82. The highest BCUT2D eigenvalue weighted by Crippen LogP contribution is 2.30. The van der Waals surface area contributed by atoms with E-state index < -0.39 is 17.1 Å². The Bertz CT molecular complexity index is 751. The summed E-state index contributed by atoms with van der Waals surface area (Å²) in [5, 5.41) is 10.6. The van der Waals surface area contributed by atoms with Gasteiger partial charge in [0.25, 0.3) is 5.56 Å². The molecular formula is C14H15ClN2O4. The molecule has 0 saturated heterocycles. The van der Waals surface area contributed by atoms with E-state index in [4.69, 9.17) is 16.3 Å². The summed E-state index contributed by atoms with van der Waals surface area (Å²) in [4.78, 5) is 26.0. The van der Waals surface area contributed by atoms with Crippen LogP contribution in [-0.4, -0.2) is 28.4 Å². The monoisotopic (exact) mass is 310 g/mol. The fraction of sp³-hybridized carbons (Fsp3) is 0.286. The Morgan fingerprint density at radius 3 is 2.71 bits per heavy atom. The van der Waals surface area contributed by atoms with Crippen molar-refractivity contribution in [2.45, 2.75) is 13.0 Å². The molecule has 112 valence electrons. The molecule has 2 aromatic rings. The van der Waals surface area contributed by atoms with Gasteiger partial charge in [-0.05, 0) is 12.5 Å². The summed E-state index contributed by atoms with van der Waals surface area (Å²) in [6, 6.07) is 6.62. The molecule has 0 amide bonds. The molecule has 21 heavy (non-hydrogen) atoms. The summed E-state index contributed by atoms with van der Waals surface area (Å²) < 4.78 is 6.01. The molecule has 0 spiro atoms. The van der Waals surface area contributed by atoms with E-state index in [-0.39, 0.29) is 12.1 Å². The molecule has 0 aliphatic rings. The zero-order chi connectivity index (χ0) is 15.4. The van der Waals surface area contributed by atoms with Gasteiger partial charge in [0.15, 0.2) is 0 Å². The molecule has 0 saturated carbocycles. The number of benzene rings is 1. The van der Waals surface area contributed by atoms with Gasteiger partial charge in [0, 0.05) is 30.8 Å². The second kappa shape index (κ2) is 6.60. The summed E-state index contributed by atoms with van der Waals surface area (Å²) in [5.41, 5.74) is -0.978. The molecular weight excluding hydrogens is 296 g/mol. The second-order valence-electron chi connectivity index (χ2n) is 4.44. The van der Waals surface area contributed by atoms with E-state index in [1.165, 1.54) is 0 Å². The summed E-state index contributed by atoms with van der Waals surface area (Å²) in [7, 11) is 1.55. The zero-order valence-corrected chi connectivity index (χ0v) is 12.2. The van der Waals surface area contributed by atoms with Gasteiger partial charge in [-0.2, -0.15) is 0 Å². The molecule has 0 aliphatic carbocycles. The van der Waals surface area contributed by atoms with E-state index in [1.807, 2.05) is 0 Å². The smallest absolute Gasteiger partial charge is 0.331 e. The topological polar surface area (TPSA) is 84.3 Å². The van der Waals surface area contributed by atoms with Crippen LogP contribution in [0.5, 0.6) is 5.88 Å². The van der Waals surface area contributed by atoms with Crippen LogP contribution in [0.3, 0.4) is 0 Å². The van der Waals surface area contributed by atoms with Gasteiger partial charge >= 0.3 is 5.69 Å². The number of nitrogens with one attached hydrogen (secondary N) is 1. The van der Waals surface area contributed by atoms with Gasteiger partial charge in [-0.1, -0.05) is 29.8 Å². The van der Waals surface area contributed by atoms with E-state index in [9.17, 15) is 14.7 Å². The van der Waals surface area contributed by atoms with E-state index in [0.29, 0.717) is 23.6 Å². The maximum atomic E-state index is 12.0. The molecule has 6 nitrogen and oxygen atoms in total. The van der Waals surface area contributed by atoms with Crippen LogP contribution in [0.4, 0.5) is 0 Å². The third kappa shape index (κ3) is 3.17. The number of aromatic hydroxyl groups is 1. The predicted molar refractivity (Wildman–Crippen MR) is 79.9 cm³/mol. The fourth-order valence-electron chi connectivity index (χ4n) is 2.04. The first-order chi connectivity index (χ1) is 10.1. The molecule has 0 aliphatic heterocycles. The Morgan fingerprint density at radius 2 is 2.05 bits per heavy atom. The van der Waals surface area contributed by atoms with E-state index in [2.05, 4.69) is 4.98 Å². The average molecular weight is 311 g/mol. The van der Waals surface area contributed by atoms with Crippen molar-refractivity contribution in [1.29, 1.82) is 0 Å². The standard InChI is InChI=1S/C14H15ClN2O4/c1-21-8-4-7-17-13(19)11(12(18)16-14(17)20)9-5-2-3-6-10(9)15/h2-3,5-6,19H,4,7-8H2,1H3,(H,16,18,20). The summed E-state index contributed by atoms with van der Waals surface area (Å²) >= 11 is 6.05. The quantitative estimate of drug-likeness (QED) is 0.822. The molecule has 0 bridgehead atoms. The molecule has 1 aromatic heterocycles. The van der Waals surface area contributed by atoms with Gasteiger partial charge < -0.3 is 9.84 Å². The van der Waals surface area contributed by atoms with E-state index in [1.54, 1.807) is 31.4 Å². The first-order valence-electron chi connectivity index (χ1n) is 6.36. The van der Waals surface area contributed by atoms with Gasteiger partial charge in [0.05, 0.1) is 0 Å². The van der Waals surface area contributed by atoms with Crippen LogP contribution in [-0.2, 0) is 11.3 Å². The van der Waals surface area contributed by atoms with Crippen LogP contribution in [0.15, 0.2) is 33.9 Å². The number of nitrogens with zero attached hydrogens (tertiary/aromatic N) is 1. The Balaban J connectivity index is 2.57. The Labute approximate surface area is 125 Å². The number of ether oxygens (including phenoxy) is 1. The van der Waals surface area contributed by atoms with Gasteiger partial charge in [-0.3, -0.25) is 14.3 Å². The Hall–Kier alpha value is -2.05. The lowest BCUT2D eigenvalue weighted by atomic mass is 10.1. The molecule has 0 atom stereocenters. The first-order valence-corrected chi connectivity index (χ1v) is 6.74. The van der Waals surface area contributed by atoms with Crippen LogP contribution in [0.25, 0.3) is 11.1 Å². The van der Waals surface area contributed by atoms with Crippen LogP contribution in [0.1, 0.15) is 6.42 Å². The minimum atomic E-state index is -0.673. The van der Waals surface area contributed by atoms with Crippen LogP contribution in [0, 0.1) is 0 Å². The highest BCUT2D eigenvalue weighted by atomic mass is 35.5. The van der Waals surface area contributed by atoms with Crippen molar-refractivity contribution < 1.29 is 9.84 Å². The predicted octanol–water partition coefficient (Wildman–Crippen LogP) is 1.60. The van der Waals surface area contributed by atoms with Crippen molar-refractivity contribution >= 4 is 11.6 Å². The van der Waals surface area contributed by atoms with Gasteiger partial charge in [0.2, 0.25) is 5.88 Å². The molecule has 2 rings (SSSR count). The minimum absolute atomic E-state index is 0.0161. The number of aromatic amines is 1. The Morgan fingerprint density at radius 1 is 1.33 bits per heavy atom. The van der Waals surface area contributed by atoms with Crippen molar-refractivity contribution in [3.05, 3.63) is 50.1 Å². The second-order valence-corrected chi connectivity index (χ2v) is 4.84. The lowest BCUT2D eigenvalue weighted by Gasteiger charge is -2.12. The van der Waals surface area contributed by atoms with Crippen molar-refractivity contribution in [2.24, 2.45) is 0 Å². The molecule has 0 unspecified atom stereocenters. The number of methoxy groups -OCH3 is 1. The number of hydrogen-bond acceptors (Lipinski definition) is 4. The normalized spacial score (nSPS) is 10.8. The number of aromatic nitrogens is 2. The van der Waals surface area contributed by atoms with Crippen molar-refractivity contribution in [3.63, 3.8) is 0 Å². The molecule has 2 N–H and O–H groups in total. The molecule has 0 radical (unpaired) electrons. The minimum Gasteiger partial charge on any atom is -0.494 e. The largest absolute Gasteiger partial charge is 0.494 e. The lowest BCUT2D eigenvalue weighted by Crippen LogP contribution is -2.31. The number of halogens is 1. The first kappa shape index (κ1) is 15.3. The third-order valence-corrected chi connectivity index (χ3v) is 3.37. The van der Waals surface area contributed by atoms with Gasteiger partial charge in [-0.15, -0.1) is 0 Å². The maximum Gasteiger partial charge on any atom is 0.331 e. The van der Waals surface area contributed by atoms with Gasteiger partial charge in [0.1, 0.15) is 5.56 Å². The molecule has 1 aromatic carbocycles. The summed E-state index contributed by atoms with van der Waals surface area (Å²) in [5.74, 6) is -0.395. The summed E-state index contributed by atoms with van der Waals surface area (Å²) in [6.07, 6.45) is 0.526. The lowest BCUT2D eigenvalue weighted by molar-refractivity contribution is 0.188. The number of rotatable bonds is 5.